The van der Waals surface area contributed by atoms with Gasteiger partial charge in [0.15, 0.2) is 0 Å². The second kappa shape index (κ2) is 4.49. The summed E-state index contributed by atoms with van der Waals surface area (Å²) in [6.45, 7) is 0. The summed E-state index contributed by atoms with van der Waals surface area (Å²) in [7, 11) is 0. The van der Waals surface area contributed by atoms with Gasteiger partial charge in [0.25, 0.3) is 0 Å². The molecule has 1 fully saturated rings. The fraction of sp³-hybridized carbons (Fsp3) is 0.333. The van der Waals surface area contributed by atoms with Crippen LogP contribution in [0.2, 0.25) is 0 Å². The molecule has 0 bridgehead atoms. The molecule has 0 spiro atoms. The van der Waals surface area contributed by atoms with E-state index in [9.17, 15) is 0 Å². The van der Waals surface area contributed by atoms with Crippen molar-refractivity contribution in [2.45, 2.75) is 25.0 Å². The van der Waals surface area contributed by atoms with Gasteiger partial charge in [-0.05, 0) is 24.3 Å². The summed E-state index contributed by atoms with van der Waals surface area (Å²) in [5.41, 5.74) is 0. The smallest absolute Gasteiger partial charge is 0.119 e. The molecular formula is C12H12BrN3O. The maximum absolute atomic E-state index is 5.85. The molecule has 0 radical (unpaired) electrons. The molecule has 1 aromatic carbocycles. The number of aromatic nitrogens is 3. The summed E-state index contributed by atoms with van der Waals surface area (Å²) in [5, 5.41) is 7.81. The van der Waals surface area contributed by atoms with Crippen LogP contribution in [-0.2, 0) is 0 Å². The second-order valence-corrected chi connectivity index (χ2v) is 5.12. The predicted octanol–water partition coefficient (Wildman–Crippen LogP) is 2.82. The van der Waals surface area contributed by atoms with Gasteiger partial charge in [-0.15, -0.1) is 5.10 Å². The molecule has 88 valence electrons. The number of nitrogens with zero attached hydrogens (tertiary/aromatic N) is 3. The van der Waals surface area contributed by atoms with Gasteiger partial charge in [-0.3, -0.25) is 0 Å². The monoisotopic (exact) mass is 293 g/mol. The van der Waals surface area contributed by atoms with Crippen LogP contribution in [0.15, 0.2) is 41.1 Å². The first kappa shape index (κ1) is 10.8. The van der Waals surface area contributed by atoms with Crippen LogP contribution >= 0.6 is 15.9 Å². The van der Waals surface area contributed by atoms with Crippen molar-refractivity contribution in [3.63, 3.8) is 0 Å². The minimum Gasteiger partial charge on any atom is -0.490 e. The van der Waals surface area contributed by atoms with E-state index in [0.717, 1.165) is 23.1 Å². The molecule has 2 aromatic rings. The summed E-state index contributed by atoms with van der Waals surface area (Å²) in [6.07, 6.45) is 5.91. The van der Waals surface area contributed by atoms with Crippen LogP contribution in [0, 0.1) is 0 Å². The third-order valence-corrected chi connectivity index (χ3v) is 3.53. The molecule has 0 saturated heterocycles. The van der Waals surface area contributed by atoms with Crippen molar-refractivity contribution in [1.29, 1.82) is 0 Å². The number of hydrogen-bond donors (Lipinski definition) is 0. The van der Waals surface area contributed by atoms with Crippen molar-refractivity contribution in [1.82, 2.24) is 15.0 Å². The fourth-order valence-electron chi connectivity index (χ4n) is 1.97. The first-order valence-electron chi connectivity index (χ1n) is 5.59. The summed E-state index contributed by atoms with van der Waals surface area (Å²) in [6, 6.07) is 8.38. The van der Waals surface area contributed by atoms with Gasteiger partial charge in [0, 0.05) is 23.5 Å². The highest BCUT2D eigenvalue weighted by Crippen LogP contribution is 2.34. The van der Waals surface area contributed by atoms with E-state index in [-0.39, 0.29) is 0 Å². The topological polar surface area (TPSA) is 39.9 Å². The van der Waals surface area contributed by atoms with Crippen molar-refractivity contribution in [2.75, 3.05) is 0 Å². The first-order valence-corrected chi connectivity index (χ1v) is 6.38. The van der Waals surface area contributed by atoms with Gasteiger partial charge in [0.2, 0.25) is 0 Å². The van der Waals surface area contributed by atoms with E-state index in [0.29, 0.717) is 12.1 Å². The average molecular weight is 294 g/mol. The highest BCUT2D eigenvalue weighted by atomic mass is 79.9. The highest BCUT2D eigenvalue weighted by molar-refractivity contribution is 9.10. The fourth-order valence-corrected chi connectivity index (χ4v) is 2.23. The Bertz CT molecular complexity index is 477. The first-order chi connectivity index (χ1) is 8.31. The van der Waals surface area contributed by atoms with Crippen LogP contribution in [-0.4, -0.2) is 21.1 Å². The third kappa shape index (κ3) is 2.34. The van der Waals surface area contributed by atoms with Gasteiger partial charge < -0.3 is 4.74 Å². The zero-order chi connectivity index (χ0) is 11.7. The molecule has 0 N–H and O–H groups in total. The van der Waals surface area contributed by atoms with Gasteiger partial charge in [-0.2, -0.15) is 0 Å². The van der Waals surface area contributed by atoms with Crippen molar-refractivity contribution in [3.8, 4) is 5.75 Å². The zero-order valence-corrected chi connectivity index (χ0v) is 10.7. The Morgan fingerprint density at radius 2 is 2.00 bits per heavy atom. The normalized spacial score (nSPS) is 23.1. The van der Waals surface area contributed by atoms with Crippen LogP contribution in [0.5, 0.6) is 5.75 Å². The molecule has 1 aromatic heterocycles. The van der Waals surface area contributed by atoms with Crippen LogP contribution in [0.1, 0.15) is 18.9 Å². The Hall–Kier alpha value is -1.36. The molecule has 0 amide bonds. The molecule has 4 nitrogen and oxygen atoms in total. The largest absolute Gasteiger partial charge is 0.490 e. The van der Waals surface area contributed by atoms with Gasteiger partial charge in [-0.1, -0.05) is 21.1 Å². The Morgan fingerprint density at radius 1 is 1.24 bits per heavy atom. The summed E-state index contributed by atoms with van der Waals surface area (Å²) in [4.78, 5) is 0. The van der Waals surface area contributed by atoms with E-state index in [1.54, 1.807) is 6.20 Å². The molecule has 1 saturated carbocycles. The molecule has 17 heavy (non-hydrogen) atoms. The Balaban J connectivity index is 1.55. The van der Waals surface area contributed by atoms with Crippen LogP contribution in [0.3, 0.4) is 0 Å². The number of halogens is 1. The number of hydrogen-bond acceptors (Lipinski definition) is 3. The molecule has 1 aliphatic rings. The lowest BCUT2D eigenvalue weighted by Gasteiger charge is -2.34. The van der Waals surface area contributed by atoms with E-state index in [2.05, 4.69) is 26.2 Å². The van der Waals surface area contributed by atoms with E-state index in [4.69, 9.17) is 4.74 Å². The minimum absolute atomic E-state index is 0.297. The maximum atomic E-state index is 5.85. The molecule has 0 atom stereocenters. The Morgan fingerprint density at radius 3 is 2.65 bits per heavy atom. The third-order valence-electron chi connectivity index (χ3n) is 3.00. The Labute approximate surface area is 108 Å². The van der Waals surface area contributed by atoms with E-state index < -0.39 is 0 Å². The lowest BCUT2D eigenvalue weighted by Crippen LogP contribution is -2.35. The van der Waals surface area contributed by atoms with Crippen molar-refractivity contribution in [2.24, 2.45) is 0 Å². The molecular weight excluding hydrogens is 282 g/mol. The maximum Gasteiger partial charge on any atom is 0.119 e. The average Bonchev–Trinajstić information content (AvgIpc) is 2.78. The number of rotatable bonds is 3. The summed E-state index contributed by atoms with van der Waals surface area (Å²) in [5.74, 6) is 0.926. The standard InChI is InChI=1S/C12H12BrN3O/c13-9-1-3-11(4-2-9)17-12-7-10(8-12)16-6-5-14-15-16/h1-6,10,12H,7-8H2. The minimum atomic E-state index is 0.297. The van der Waals surface area contributed by atoms with E-state index in [1.807, 2.05) is 35.1 Å². The van der Waals surface area contributed by atoms with Crippen molar-refractivity contribution < 1.29 is 4.74 Å². The molecule has 3 rings (SSSR count). The van der Waals surface area contributed by atoms with Crippen LogP contribution < -0.4 is 4.74 Å². The van der Waals surface area contributed by atoms with E-state index >= 15 is 0 Å². The lowest BCUT2D eigenvalue weighted by atomic mass is 9.89. The zero-order valence-electron chi connectivity index (χ0n) is 9.16. The van der Waals surface area contributed by atoms with Crippen molar-refractivity contribution >= 4 is 15.9 Å². The van der Waals surface area contributed by atoms with Crippen LogP contribution in [0.4, 0.5) is 0 Å². The molecule has 5 heteroatoms. The van der Waals surface area contributed by atoms with Gasteiger partial charge in [-0.25, -0.2) is 4.68 Å². The van der Waals surface area contributed by atoms with Crippen LogP contribution in [0.25, 0.3) is 0 Å². The quantitative estimate of drug-likeness (QED) is 0.874. The Kier molecular flexibility index (Phi) is 2.84. The molecule has 0 aliphatic heterocycles. The highest BCUT2D eigenvalue weighted by Gasteiger charge is 2.32. The summed E-state index contributed by atoms with van der Waals surface area (Å²) >= 11 is 3.40. The van der Waals surface area contributed by atoms with Gasteiger partial charge >= 0.3 is 0 Å². The van der Waals surface area contributed by atoms with Gasteiger partial charge in [0.1, 0.15) is 11.9 Å². The number of benzene rings is 1. The number of ether oxygens (including phenoxy) is 1. The van der Waals surface area contributed by atoms with E-state index in [1.165, 1.54) is 0 Å². The second-order valence-electron chi connectivity index (χ2n) is 4.20. The summed E-state index contributed by atoms with van der Waals surface area (Å²) < 4.78 is 8.82. The molecule has 1 aliphatic carbocycles. The van der Waals surface area contributed by atoms with Crippen molar-refractivity contribution in [3.05, 3.63) is 41.1 Å². The molecule has 1 heterocycles. The van der Waals surface area contributed by atoms with Gasteiger partial charge in [0.05, 0.1) is 12.2 Å². The lowest BCUT2D eigenvalue weighted by molar-refractivity contribution is 0.0638. The SMILES string of the molecule is Brc1ccc(OC2CC(n3ccnn3)C2)cc1. The predicted molar refractivity (Wildman–Crippen MR) is 66.9 cm³/mol. The molecule has 0 unspecified atom stereocenters.